The van der Waals surface area contributed by atoms with Crippen LogP contribution in [0.1, 0.15) is 11.1 Å². The maximum atomic E-state index is 9.48. The summed E-state index contributed by atoms with van der Waals surface area (Å²) < 4.78 is 5.58. The van der Waals surface area contributed by atoms with Crippen LogP contribution in [0, 0.1) is 18.3 Å². The smallest absolute Gasteiger partial charge is 0.146 e. The van der Waals surface area contributed by atoms with Crippen molar-refractivity contribution < 1.29 is 9.84 Å². The normalized spacial score (nSPS) is 9.83. The molecular weight excluding hydrogens is 250 g/mol. The Morgan fingerprint density at radius 1 is 1.28 bits per heavy atom. The van der Waals surface area contributed by atoms with E-state index in [2.05, 4.69) is 0 Å². The second-order valence-electron chi connectivity index (χ2n) is 3.83. The fraction of sp³-hybridized carbons (Fsp3) is 0.0714. The molecule has 90 valence electrons. The molecule has 0 fully saturated rings. The number of ether oxygens (including phenoxy) is 1. The molecule has 2 aromatic carbocycles. The number of phenols is 1. The number of phenolic OH excluding ortho intramolecular Hbond substituents is 1. The largest absolute Gasteiger partial charge is 0.508 e. The van der Waals surface area contributed by atoms with E-state index in [0.29, 0.717) is 16.5 Å². The van der Waals surface area contributed by atoms with Crippen LogP contribution in [0.5, 0.6) is 17.2 Å². The van der Waals surface area contributed by atoms with Crippen molar-refractivity contribution in [3.63, 3.8) is 0 Å². The van der Waals surface area contributed by atoms with Crippen molar-refractivity contribution in [3.8, 4) is 23.3 Å². The SMILES string of the molecule is Cc1cc(O)cc(Oc2cccc(Cl)c2C#N)c1. The van der Waals surface area contributed by atoms with Gasteiger partial charge >= 0.3 is 0 Å². The Bertz CT molecular complexity index is 612. The highest BCUT2D eigenvalue weighted by Gasteiger charge is 2.09. The number of aromatic hydroxyl groups is 1. The Labute approximate surface area is 110 Å². The minimum atomic E-state index is 0.116. The molecule has 0 radical (unpaired) electrons. The maximum absolute atomic E-state index is 9.48. The average Bonchev–Trinajstić information content (AvgIpc) is 2.27. The Balaban J connectivity index is 2.40. The highest BCUT2D eigenvalue weighted by Crippen LogP contribution is 2.31. The van der Waals surface area contributed by atoms with Gasteiger partial charge in [-0.05, 0) is 36.8 Å². The molecule has 0 aliphatic carbocycles. The third-order valence-electron chi connectivity index (χ3n) is 2.35. The predicted octanol–water partition coefficient (Wildman–Crippen LogP) is 4.02. The van der Waals surface area contributed by atoms with E-state index in [-0.39, 0.29) is 11.3 Å². The molecule has 0 saturated heterocycles. The lowest BCUT2D eigenvalue weighted by Gasteiger charge is -2.09. The van der Waals surface area contributed by atoms with E-state index in [1.54, 1.807) is 30.3 Å². The Morgan fingerprint density at radius 2 is 2.06 bits per heavy atom. The van der Waals surface area contributed by atoms with Gasteiger partial charge in [0.05, 0.1) is 5.02 Å². The first-order valence-corrected chi connectivity index (χ1v) is 5.65. The van der Waals surface area contributed by atoms with Crippen molar-refractivity contribution >= 4 is 11.6 Å². The number of nitrogens with zero attached hydrogens (tertiary/aromatic N) is 1. The lowest BCUT2D eigenvalue weighted by Crippen LogP contribution is -1.89. The van der Waals surface area contributed by atoms with E-state index in [1.807, 2.05) is 13.0 Å². The Morgan fingerprint density at radius 3 is 2.72 bits per heavy atom. The molecule has 0 heterocycles. The summed E-state index contributed by atoms with van der Waals surface area (Å²) in [5, 5.41) is 18.8. The van der Waals surface area contributed by atoms with Crippen molar-refractivity contribution in [2.24, 2.45) is 0 Å². The minimum absolute atomic E-state index is 0.116. The van der Waals surface area contributed by atoms with Crippen molar-refractivity contribution in [2.45, 2.75) is 6.92 Å². The van der Waals surface area contributed by atoms with E-state index in [1.165, 1.54) is 6.07 Å². The minimum Gasteiger partial charge on any atom is -0.508 e. The molecule has 4 heteroatoms. The molecule has 2 rings (SSSR count). The van der Waals surface area contributed by atoms with E-state index >= 15 is 0 Å². The second kappa shape index (κ2) is 4.99. The fourth-order valence-electron chi connectivity index (χ4n) is 1.61. The molecule has 0 amide bonds. The lowest BCUT2D eigenvalue weighted by atomic mass is 10.2. The molecule has 0 saturated carbocycles. The molecule has 2 aromatic rings. The van der Waals surface area contributed by atoms with Crippen molar-refractivity contribution in [3.05, 3.63) is 52.5 Å². The number of hydrogen-bond acceptors (Lipinski definition) is 3. The van der Waals surface area contributed by atoms with Gasteiger partial charge in [-0.3, -0.25) is 0 Å². The molecule has 0 atom stereocenters. The first-order chi connectivity index (χ1) is 8.60. The molecule has 0 aliphatic rings. The van der Waals surface area contributed by atoms with Crippen LogP contribution in [0.25, 0.3) is 0 Å². The Kier molecular flexibility index (Phi) is 3.40. The molecule has 1 N–H and O–H groups in total. The molecule has 0 aromatic heterocycles. The highest BCUT2D eigenvalue weighted by molar-refractivity contribution is 6.31. The van der Waals surface area contributed by atoms with Gasteiger partial charge in [0.2, 0.25) is 0 Å². The molecule has 0 unspecified atom stereocenters. The van der Waals surface area contributed by atoms with Gasteiger partial charge in [0.25, 0.3) is 0 Å². The zero-order valence-electron chi connectivity index (χ0n) is 9.64. The van der Waals surface area contributed by atoms with E-state index in [9.17, 15) is 5.11 Å². The average molecular weight is 260 g/mol. The molecule has 3 nitrogen and oxygen atoms in total. The van der Waals surface area contributed by atoms with Crippen LogP contribution < -0.4 is 4.74 Å². The van der Waals surface area contributed by atoms with Crippen molar-refractivity contribution in [1.82, 2.24) is 0 Å². The van der Waals surface area contributed by atoms with Gasteiger partial charge in [-0.15, -0.1) is 0 Å². The molecule has 0 spiro atoms. The fourth-order valence-corrected chi connectivity index (χ4v) is 1.82. The standard InChI is InChI=1S/C14H10ClNO2/c1-9-5-10(17)7-11(6-9)18-14-4-2-3-13(15)12(14)8-16/h2-7,17H,1H3. The van der Waals surface area contributed by atoms with Crippen LogP contribution in [0.2, 0.25) is 5.02 Å². The summed E-state index contributed by atoms with van der Waals surface area (Å²) in [7, 11) is 0. The number of halogens is 1. The summed E-state index contributed by atoms with van der Waals surface area (Å²) in [5.41, 5.74) is 1.14. The summed E-state index contributed by atoms with van der Waals surface area (Å²) in [6.45, 7) is 1.84. The summed E-state index contributed by atoms with van der Waals surface area (Å²) in [5.74, 6) is 0.951. The van der Waals surface area contributed by atoms with Crippen LogP contribution in [-0.2, 0) is 0 Å². The molecule has 18 heavy (non-hydrogen) atoms. The topological polar surface area (TPSA) is 53.2 Å². The van der Waals surface area contributed by atoms with Gasteiger partial charge in [0, 0.05) is 6.07 Å². The monoisotopic (exact) mass is 259 g/mol. The van der Waals surface area contributed by atoms with Crippen molar-refractivity contribution in [2.75, 3.05) is 0 Å². The summed E-state index contributed by atoms with van der Waals surface area (Å²) in [6.07, 6.45) is 0. The van der Waals surface area contributed by atoms with Gasteiger partial charge in [0.1, 0.15) is 28.9 Å². The van der Waals surface area contributed by atoms with Gasteiger partial charge in [0.15, 0.2) is 0 Å². The Hall–Kier alpha value is -2.18. The van der Waals surface area contributed by atoms with E-state index in [0.717, 1.165) is 5.56 Å². The summed E-state index contributed by atoms with van der Waals surface area (Å²) >= 11 is 5.91. The second-order valence-corrected chi connectivity index (χ2v) is 4.24. The number of hydrogen-bond donors (Lipinski definition) is 1. The summed E-state index contributed by atoms with van der Waals surface area (Å²) in [6, 6.07) is 11.8. The van der Waals surface area contributed by atoms with E-state index < -0.39 is 0 Å². The third kappa shape index (κ3) is 2.55. The zero-order valence-corrected chi connectivity index (χ0v) is 10.4. The number of benzene rings is 2. The van der Waals surface area contributed by atoms with Gasteiger partial charge in [-0.2, -0.15) is 5.26 Å². The van der Waals surface area contributed by atoms with Crippen LogP contribution in [0.15, 0.2) is 36.4 Å². The number of aryl methyl sites for hydroxylation is 1. The molecule has 0 aliphatic heterocycles. The maximum Gasteiger partial charge on any atom is 0.146 e. The predicted molar refractivity (Wildman–Crippen MR) is 69.1 cm³/mol. The number of nitriles is 1. The zero-order chi connectivity index (χ0) is 13.1. The van der Waals surface area contributed by atoms with Crippen LogP contribution in [0.3, 0.4) is 0 Å². The molecular formula is C14H10ClNO2. The molecule has 0 bridgehead atoms. The highest BCUT2D eigenvalue weighted by atomic mass is 35.5. The van der Waals surface area contributed by atoms with Gasteiger partial charge in [-0.1, -0.05) is 17.7 Å². The number of rotatable bonds is 2. The van der Waals surface area contributed by atoms with Gasteiger partial charge in [-0.25, -0.2) is 0 Å². The van der Waals surface area contributed by atoms with Crippen LogP contribution >= 0.6 is 11.6 Å². The van der Waals surface area contributed by atoms with E-state index in [4.69, 9.17) is 21.6 Å². The van der Waals surface area contributed by atoms with Crippen LogP contribution in [-0.4, -0.2) is 5.11 Å². The lowest BCUT2D eigenvalue weighted by molar-refractivity contribution is 0.454. The van der Waals surface area contributed by atoms with Crippen molar-refractivity contribution in [1.29, 1.82) is 5.26 Å². The quantitative estimate of drug-likeness (QED) is 0.886. The van der Waals surface area contributed by atoms with Gasteiger partial charge < -0.3 is 9.84 Å². The van der Waals surface area contributed by atoms with Crippen LogP contribution in [0.4, 0.5) is 0 Å². The first kappa shape index (κ1) is 12.3. The summed E-state index contributed by atoms with van der Waals surface area (Å²) in [4.78, 5) is 0. The first-order valence-electron chi connectivity index (χ1n) is 5.27. The third-order valence-corrected chi connectivity index (χ3v) is 2.67.